The first-order chi connectivity index (χ1) is 13.1. The minimum Gasteiger partial charge on any atom is -0.367 e. The molecular weight excluding hydrogens is 343 g/mol. The summed E-state index contributed by atoms with van der Waals surface area (Å²) >= 11 is 0. The van der Waals surface area contributed by atoms with Gasteiger partial charge in [0.2, 0.25) is 0 Å². The molecule has 0 N–H and O–H groups in total. The van der Waals surface area contributed by atoms with E-state index in [0.717, 1.165) is 55.3 Å². The van der Waals surface area contributed by atoms with Crippen LogP contribution >= 0.6 is 0 Å². The monoisotopic (exact) mass is 364 g/mol. The maximum Gasteiger partial charge on any atom is 0.124 e. The zero-order valence-electron chi connectivity index (χ0n) is 15.5. The molecule has 0 saturated carbocycles. The molecule has 0 bridgehead atoms. The number of aryl methyl sites for hydroxylation is 2. The standard InChI is InChI=1S/C20H21FN6/c1-14-9-16(21)10-17-19(14)24-12-15(11-22)20(17)27-7-5-26(6-8-27)13-18-23-3-4-25(18)2/h3-4,9-10,12H,5-8,13H2,1-2H3. The highest BCUT2D eigenvalue weighted by Crippen LogP contribution is 2.32. The van der Waals surface area contributed by atoms with E-state index in [1.54, 1.807) is 6.20 Å². The van der Waals surface area contributed by atoms with Crippen molar-refractivity contribution in [2.75, 3.05) is 31.1 Å². The van der Waals surface area contributed by atoms with Crippen LogP contribution in [0.25, 0.3) is 10.9 Å². The molecule has 0 amide bonds. The fourth-order valence-electron chi connectivity index (χ4n) is 3.72. The average Bonchev–Trinajstić information content (AvgIpc) is 3.06. The van der Waals surface area contributed by atoms with Gasteiger partial charge < -0.3 is 9.47 Å². The summed E-state index contributed by atoms with van der Waals surface area (Å²) in [5, 5.41) is 10.3. The van der Waals surface area contributed by atoms with Crippen LogP contribution in [0.15, 0.2) is 30.7 Å². The highest BCUT2D eigenvalue weighted by Gasteiger charge is 2.23. The Labute approximate surface area is 157 Å². The predicted molar refractivity (Wildman–Crippen MR) is 102 cm³/mol. The van der Waals surface area contributed by atoms with Crippen molar-refractivity contribution < 1.29 is 4.39 Å². The largest absolute Gasteiger partial charge is 0.367 e. The number of fused-ring (bicyclic) bond motifs is 1. The lowest BCUT2D eigenvalue weighted by molar-refractivity contribution is 0.242. The lowest BCUT2D eigenvalue weighted by Gasteiger charge is -2.36. The van der Waals surface area contributed by atoms with E-state index in [4.69, 9.17) is 0 Å². The summed E-state index contributed by atoms with van der Waals surface area (Å²) in [4.78, 5) is 13.3. The Morgan fingerprint density at radius 3 is 2.63 bits per heavy atom. The van der Waals surface area contributed by atoms with Gasteiger partial charge in [0.25, 0.3) is 0 Å². The Balaban J connectivity index is 1.62. The smallest absolute Gasteiger partial charge is 0.124 e. The number of hydrogen-bond donors (Lipinski definition) is 0. The molecule has 3 aromatic rings. The first-order valence-corrected chi connectivity index (χ1v) is 8.99. The van der Waals surface area contributed by atoms with Crippen molar-refractivity contribution in [3.8, 4) is 6.07 Å². The van der Waals surface area contributed by atoms with Crippen molar-refractivity contribution in [2.45, 2.75) is 13.5 Å². The van der Waals surface area contributed by atoms with Crippen molar-refractivity contribution in [2.24, 2.45) is 7.05 Å². The number of pyridine rings is 1. The van der Waals surface area contributed by atoms with Crippen molar-refractivity contribution >= 4 is 16.6 Å². The molecule has 1 saturated heterocycles. The zero-order valence-corrected chi connectivity index (χ0v) is 15.5. The van der Waals surface area contributed by atoms with Gasteiger partial charge in [0.05, 0.1) is 23.3 Å². The summed E-state index contributed by atoms with van der Waals surface area (Å²) < 4.78 is 16.1. The molecule has 3 heterocycles. The Bertz CT molecular complexity index is 1030. The Morgan fingerprint density at radius 1 is 1.19 bits per heavy atom. The van der Waals surface area contributed by atoms with Crippen molar-refractivity contribution in [3.63, 3.8) is 0 Å². The Hall–Kier alpha value is -2.98. The molecule has 4 rings (SSSR count). The van der Waals surface area contributed by atoms with Gasteiger partial charge in [-0.3, -0.25) is 9.88 Å². The molecule has 0 unspecified atom stereocenters. The number of halogens is 1. The SMILES string of the molecule is Cc1cc(F)cc2c(N3CCN(Cc4nccn4C)CC3)c(C#N)cnc12. The van der Waals surface area contributed by atoms with Gasteiger partial charge in [0.15, 0.2) is 0 Å². The second kappa shape index (κ2) is 6.97. The third kappa shape index (κ3) is 3.24. The average molecular weight is 364 g/mol. The molecule has 27 heavy (non-hydrogen) atoms. The van der Waals surface area contributed by atoms with Crippen LogP contribution in [0, 0.1) is 24.1 Å². The summed E-state index contributed by atoms with van der Waals surface area (Å²) in [7, 11) is 2.00. The number of aromatic nitrogens is 3. The van der Waals surface area contributed by atoms with E-state index in [9.17, 15) is 9.65 Å². The quantitative estimate of drug-likeness (QED) is 0.715. The normalized spacial score (nSPS) is 15.3. The lowest BCUT2D eigenvalue weighted by Crippen LogP contribution is -2.46. The predicted octanol–water partition coefficient (Wildman–Crippen LogP) is 2.61. The van der Waals surface area contributed by atoms with Crippen LogP contribution in [0.3, 0.4) is 0 Å². The van der Waals surface area contributed by atoms with E-state index < -0.39 is 0 Å². The minimum atomic E-state index is -0.299. The fourth-order valence-corrected chi connectivity index (χ4v) is 3.72. The first kappa shape index (κ1) is 17.4. The van der Waals surface area contributed by atoms with E-state index in [0.29, 0.717) is 10.9 Å². The van der Waals surface area contributed by atoms with Crippen LogP contribution in [0.4, 0.5) is 10.1 Å². The van der Waals surface area contributed by atoms with Crippen LogP contribution in [0.5, 0.6) is 0 Å². The lowest BCUT2D eigenvalue weighted by atomic mass is 10.0. The fraction of sp³-hybridized carbons (Fsp3) is 0.350. The van der Waals surface area contributed by atoms with E-state index in [1.165, 1.54) is 12.1 Å². The summed E-state index contributed by atoms with van der Waals surface area (Å²) in [5.41, 5.74) is 2.82. The van der Waals surface area contributed by atoms with Crippen LogP contribution in [0.1, 0.15) is 17.0 Å². The van der Waals surface area contributed by atoms with Gasteiger partial charge in [0.1, 0.15) is 17.7 Å². The molecule has 138 valence electrons. The number of imidazole rings is 1. The van der Waals surface area contributed by atoms with Crippen LogP contribution < -0.4 is 4.90 Å². The molecule has 0 radical (unpaired) electrons. The van der Waals surface area contributed by atoms with Gasteiger partial charge >= 0.3 is 0 Å². The molecule has 2 aromatic heterocycles. The molecule has 1 aliphatic rings. The van der Waals surface area contributed by atoms with Gasteiger partial charge in [-0.2, -0.15) is 5.26 Å². The molecule has 1 aromatic carbocycles. The number of benzene rings is 1. The van der Waals surface area contributed by atoms with Gasteiger partial charge in [-0.15, -0.1) is 0 Å². The van der Waals surface area contributed by atoms with Crippen LogP contribution in [-0.4, -0.2) is 45.6 Å². The highest BCUT2D eigenvalue weighted by atomic mass is 19.1. The van der Waals surface area contributed by atoms with Gasteiger partial charge in [-0.05, 0) is 24.6 Å². The molecule has 6 nitrogen and oxygen atoms in total. The molecule has 1 aliphatic heterocycles. The van der Waals surface area contributed by atoms with Crippen molar-refractivity contribution in [1.29, 1.82) is 5.26 Å². The number of rotatable bonds is 3. The second-order valence-electron chi connectivity index (χ2n) is 6.97. The third-order valence-corrected chi connectivity index (χ3v) is 5.19. The third-order valence-electron chi connectivity index (χ3n) is 5.19. The molecule has 0 spiro atoms. The number of nitrogens with zero attached hydrogens (tertiary/aromatic N) is 6. The molecule has 0 atom stereocenters. The Morgan fingerprint density at radius 2 is 1.96 bits per heavy atom. The summed E-state index contributed by atoms with van der Waals surface area (Å²) in [6.07, 6.45) is 5.36. The van der Waals surface area contributed by atoms with E-state index in [2.05, 4.69) is 25.8 Å². The first-order valence-electron chi connectivity index (χ1n) is 8.99. The maximum absolute atomic E-state index is 14.0. The van der Waals surface area contributed by atoms with Crippen molar-refractivity contribution in [3.05, 3.63) is 53.5 Å². The van der Waals surface area contributed by atoms with Crippen LogP contribution in [0.2, 0.25) is 0 Å². The molecule has 7 heteroatoms. The molecule has 1 fully saturated rings. The number of nitriles is 1. The van der Waals surface area contributed by atoms with Crippen LogP contribution in [-0.2, 0) is 13.6 Å². The van der Waals surface area contributed by atoms with E-state index in [-0.39, 0.29) is 5.82 Å². The van der Waals surface area contributed by atoms with Gasteiger partial charge in [-0.25, -0.2) is 9.37 Å². The van der Waals surface area contributed by atoms with E-state index >= 15 is 0 Å². The van der Waals surface area contributed by atoms with E-state index in [1.807, 2.05) is 30.9 Å². The summed E-state index contributed by atoms with van der Waals surface area (Å²) in [5.74, 6) is 0.736. The highest BCUT2D eigenvalue weighted by molar-refractivity contribution is 5.96. The zero-order chi connectivity index (χ0) is 19.0. The summed E-state index contributed by atoms with van der Waals surface area (Å²) in [6, 6.07) is 5.20. The second-order valence-corrected chi connectivity index (χ2v) is 6.97. The molecular formula is C20H21FN6. The molecule has 0 aliphatic carbocycles. The summed E-state index contributed by atoms with van der Waals surface area (Å²) in [6.45, 7) is 5.90. The topological polar surface area (TPSA) is 61.0 Å². The number of piperazine rings is 1. The minimum absolute atomic E-state index is 0.299. The number of hydrogen-bond acceptors (Lipinski definition) is 5. The Kier molecular flexibility index (Phi) is 4.50. The number of anilines is 1. The maximum atomic E-state index is 14.0. The van der Waals surface area contributed by atoms with Crippen molar-refractivity contribution in [1.82, 2.24) is 19.4 Å². The van der Waals surface area contributed by atoms with Gasteiger partial charge in [-0.1, -0.05) is 0 Å². The van der Waals surface area contributed by atoms with Gasteiger partial charge in [0, 0.05) is 57.2 Å².